The molecule has 0 N–H and O–H groups in total. The van der Waals surface area contributed by atoms with Crippen molar-refractivity contribution < 1.29 is 0 Å². The number of hydrogen-bond acceptors (Lipinski definition) is 1. The van der Waals surface area contributed by atoms with E-state index >= 15 is 0 Å². The van der Waals surface area contributed by atoms with Crippen LogP contribution in [0.1, 0.15) is 13.3 Å². The lowest BCUT2D eigenvalue weighted by Gasteiger charge is -2.22. The molecule has 0 aliphatic heterocycles. The quantitative estimate of drug-likeness (QED) is 0.753. The van der Waals surface area contributed by atoms with Crippen LogP contribution in [0.2, 0.25) is 0 Å². The van der Waals surface area contributed by atoms with Crippen molar-refractivity contribution in [3.05, 3.63) is 54.6 Å². The summed E-state index contributed by atoms with van der Waals surface area (Å²) >= 11 is 0. The van der Waals surface area contributed by atoms with E-state index in [4.69, 9.17) is 0 Å². The molecule has 0 aliphatic carbocycles. The van der Waals surface area contributed by atoms with Gasteiger partial charge in [0.15, 0.2) is 0 Å². The van der Waals surface area contributed by atoms with Crippen molar-refractivity contribution in [2.45, 2.75) is 13.3 Å². The van der Waals surface area contributed by atoms with Crippen molar-refractivity contribution >= 4 is 5.69 Å². The maximum absolute atomic E-state index is 2.32. The molecule has 0 amide bonds. The predicted molar refractivity (Wildman–Crippen MR) is 75.4 cm³/mol. The molecule has 0 radical (unpaired) electrons. The highest BCUT2D eigenvalue weighted by atomic mass is 15.1. The summed E-state index contributed by atoms with van der Waals surface area (Å²) in [6.45, 7) is 3.30. The van der Waals surface area contributed by atoms with E-state index in [0.29, 0.717) is 0 Å². The van der Waals surface area contributed by atoms with Crippen LogP contribution in [0.3, 0.4) is 0 Å². The van der Waals surface area contributed by atoms with Crippen LogP contribution in [0.4, 0.5) is 5.69 Å². The van der Waals surface area contributed by atoms with E-state index in [0.717, 1.165) is 6.54 Å². The SMILES string of the molecule is CCCN(C)c1ccccc1-c1ccccc1. The molecule has 0 saturated carbocycles. The molecule has 0 bridgehead atoms. The molecular formula is C16H19N. The van der Waals surface area contributed by atoms with E-state index in [1.807, 2.05) is 0 Å². The molecule has 0 heterocycles. The average Bonchev–Trinajstić information content (AvgIpc) is 2.40. The van der Waals surface area contributed by atoms with Gasteiger partial charge >= 0.3 is 0 Å². The summed E-state index contributed by atoms with van der Waals surface area (Å²) in [4.78, 5) is 2.32. The normalized spacial score (nSPS) is 10.2. The summed E-state index contributed by atoms with van der Waals surface area (Å²) in [5, 5.41) is 0. The molecule has 1 heteroatoms. The zero-order valence-corrected chi connectivity index (χ0v) is 10.6. The van der Waals surface area contributed by atoms with Gasteiger partial charge < -0.3 is 4.90 Å². The van der Waals surface area contributed by atoms with Crippen molar-refractivity contribution in [1.82, 2.24) is 0 Å². The summed E-state index contributed by atoms with van der Waals surface area (Å²) in [6.07, 6.45) is 1.17. The number of benzene rings is 2. The van der Waals surface area contributed by atoms with Crippen molar-refractivity contribution in [3.63, 3.8) is 0 Å². The second-order valence-corrected chi connectivity index (χ2v) is 4.30. The molecule has 88 valence electrons. The van der Waals surface area contributed by atoms with Gasteiger partial charge in [-0.1, -0.05) is 55.5 Å². The molecular weight excluding hydrogens is 206 g/mol. The number of rotatable bonds is 4. The van der Waals surface area contributed by atoms with Gasteiger partial charge in [0.05, 0.1) is 0 Å². The summed E-state index contributed by atoms with van der Waals surface area (Å²) in [6, 6.07) is 19.2. The first-order valence-electron chi connectivity index (χ1n) is 6.18. The Balaban J connectivity index is 2.41. The number of nitrogens with zero attached hydrogens (tertiary/aromatic N) is 1. The third-order valence-corrected chi connectivity index (χ3v) is 2.96. The minimum absolute atomic E-state index is 1.09. The van der Waals surface area contributed by atoms with E-state index in [2.05, 4.69) is 73.5 Å². The lowest BCUT2D eigenvalue weighted by Crippen LogP contribution is -2.18. The minimum atomic E-state index is 1.09. The Morgan fingerprint density at radius 1 is 0.882 bits per heavy atom. The molecule has 0 saturated heterocycles. The lowest BCUT2D eigenvalue weighted by molar-refractivity contribution is 0.853. The Kier molecular flexibility index (Phi) is 3.81. The molecule has 0 aliphatic rings. The van der Waals surface area contributed by atoms with Crippen LogP contribution in [0.15, 0.2) is 54.6 Å². The molecule has 0 spiro atoms. The average molecular weight is 225 g/mol. The van der Waals surface area contributed by atoms with Crippen molar-refractivity contribution in [2.75, 3.05) is 18.5 Å². The van der Waals surface area contributed by atoms with E-state index in [-0.39, 0.29) is 0 Å². The first kappa shape index (κ1) is 11.7. The highest BCUT2D eigenvalue weighted by Crippen LogP contribution is 2.29. The minimum Gasteiger partial charge on any atom is -0.374 e. The Hall–Kier alpha value is -1.76. The Labute approximate surface area is 104 Å². The number of para-hydroxylation sites is 1. The maximum Gasteiger partial charge on any atom is 0.0443 e. The first-order chi connectivity index (χ1) is 8.33. The van der Waals surface area contributed by atoms with Crippen LogP contribution in [-0.2, 0) is 0 Å². The zero-order chi connectivity index (χ0) is 12.1. The smallest absolute Gasteiger partial charge is 0.0443 e. The summed E-state index contributed by atoms with van der Waals surface area (Å²) in [5.74, 6) is 0. The maximum atomic E-state index is 2.32. The largest absolute Gasteiger partial charge is 0.374 e. The van der Waals surface area contributed by atoms with Gasteiger partial charge in [-0.25, -0.2) is 0 Å². The van der Waals surface area contributed by atoms with Crippen LogP contribution >= 0.6 is 0 Å². The molecule has 0 atom stereocenters. The number of hydrogen-bond donors (Lipinski definition) is 0. The van der Waals surface area contributed by atoms with Crippen LogP contribution in [0, 0.1) is 0 Å². The third kappa shape index (κ3) is 2.68. The summed E-state index contributed by atoms with van der Waals surface area (Å²) < 4.78 is 0. The van der Waals surface area contributed by atoms with Crippen molar-refractivity contribution in [1.29, 1.82) is 0 Å². The number of anilines is 1. The van der Waals surface area contributed by atoms with E-state index in [1.165, 1.54) is 23.2 Å². The summed E-state index contributed by atoms with van der Waals surface area (Å²) in [7, 11) is 2.16. The van der Waals surface area contributed by atoms with Gasteiger partial charge in [-0.05, 0) is 18.1 Å². The molecule has 0 unspecified atom stereocenters. The Morgan fingerprint density at radius 3 is 2.24 bits per heavy atom. The molecule has 2 aromatic rings. The van der Waals surface area contributed by atoms with Gasteiger partial charge in [0, 0.05) is 24.8 Å². The van der Waals surface area contributed by atoms with Crippen LogP contribution < -0.4 is 4.90 Å². The van der Waals surface area contributed by atoms with Gasteiger partial charge in [-0.15, -0.1) is 0 Å². The fourth-order valence-corrected chi connectivity index (χ4v) is 2.12. The summed E-state index contributed by atoms with van der Waals surface area (Å²) in [5.41, 5.74) is 3.90. The molecule has 2 aromatic carbocycles. The molecule has 2 rings (SSSR count). The predicted octanol–water partition coefficient (Wildman–Crippen LogP) is 4.20. The Bertz CT molecular complexity index is 462. The highest BCUT2D eigenvalue weighted by Gasteiger charge is 2.07. The van der Waals surface area contributed by atoms with E-state index < -0.39 is 0 Å². The van der Waals surface area contributed by atoms with Crippen LogP contribution in [0.5, 0.6) is 0 Å². The molecule has 17 heavy (non-hydrogen) atoms. The standard InChI is InChI=1S/C16H19N/c1-3-13-17(2)16-12-8-7-11-15(16)14-9-5-4-6-10-14/h4-12H,3,13H2,1-2H3. The van der Waals surface area contributed by atoms with E-state index in [9.17, 15) is 0 Å². The van der Waals surface area contributed by atoms with E-state index in [1.54, 1.807) is 0 Å². The van der Waals surface area contributed by atoms with Gasteiger partial charge in [-0.3, -0.25) is 0 Å². The zero-order valence-electron chi connectivity index (χ0n) is 10.6. The molecule has 1 nitrogen and oxygen atoms in total. The second-order valence-electron chi connectivity index (χ2n) is 4.30. The van der Waals surface area contributed by atoms with Gasteiger partial charge in [0.1, 0.15) is 0 Å². The lowest BCUT2D eigenvalue weighted by atomic mass is 10.0. The molecule has 0 fully saturated rings. The Morgan fingerprint density at radius 2 is 1.53 bits per heavy atom. The fourth-order valence-electron chi connectivity index (χ4n) is 2.12. The first-order valence-corrected chi connectivity index (χ1v) is 6.18. The van der Waals surface area contributed by atoms with Crippen LogP contribution in [-0.4, -0.2) is 13.6 Å². The third-order valence-electron chi connectivity index (χ3n) is 2.96. The molecule has 0 aromatic heterocycles. The topological polar surface area (TPSA) is 3.24 Å². The van der Waals surface area contributed by atoms with Crippen molar-refractivity contribution in [2.24, 2.45) is 0 Å². The van der Waals surface area contributed by atoms with Gasteiger partial charge in [-0.2, -0.15) is 0 Å². The highest BCUT2D eigenvalue weighted by molar-refractivity contribution is 5.78. The van der Waals surface area contributed by atoms with Gasteiger partial charge in [0.25, 0.3) is 0 Å². The van der Waals surface area contributed by atoms with Gasteiger partial charge in [0.2, 0.25) is 0 Å². The second kappa shape index (κ2) is 5.53. The fraction of sp³-hybridized carbons (Fsp3) is 0.250. The van der Waals surface area contributed by atoms with Crippen molar-refractivity contribution in [3.8, 4) is 11.1 Å². The monoisotopic (exact) mass is 225 g/mol. The van der Waals surface area contributed by atoms with Crippen LogP contribution in [0.25, 0.3) is 11.1 Å².